The fraction of sp³-hybridized carbons (Fsp3) is 0.429. The van der Waals surface area contributed by atoms with Crippen LogP contribution >= 0.6 is 0 Å². The Morgan fingerprint density at radius 2 is 1.82 bits per heavy atom. The number of guanidine groups is 1. The van der Waals surface area contributed by atoms with Gasteiger partial charge in [-0.1, -0.05) is 0 Å². The van der Waals surface area contributed by atoms with E-state index in [1.807, 2.05) is 44.7 Å². The molecule has 0 saturated carbocycles. The number of rotatable bonds is 2. The first-order valence-electron chi connectivity index (χ1n) is 7.24. The van der Waals surface area contributed by atoms with Gasteiger partial charge in [0.25, 0.3) is 0 Å². The van der Waals surface area contributed by atoms with Gasteiger partial charge in [-0.05, 0) is 51.0 Å². The van der Waals surface area contributed by atoms with Crippen molar-refractivity contribution >= 4 is 33.2 Å². The van der Waals surface area contributed by atoms with Crippen molar-refractivity contribution < 1.29 is 8.42 Å². The number of imidazole rings is 1. The van der Waals surface area contributed by atoms with E-state index in [9.17, 15) is 8.42 Å². The highest BCUT2D eigenvalue weighted by Gasteiger charge is 2.29. The summed E-state index contributed by atoms with van der Waals surface area (Å²) in [6.07, 6.45) is 0. The fourth-order valence-corrected chi connectivity index (χ4v) is 3.72. The van der Waals surface area contributed by atoms with Gasteiger partial charge < -0.3 is 4.90 Å². The third-order valence-corrected chi connectivity index (χ3v) is 5.18. The Labute approximate surface area is 129 Å². The number of nitrogens with one attached hydrogen (secondary N) is 1. The van der Waals surface area contributed by atoms with Crippen molar-refractivity contribution in [1.82, 2.24) is 13.9 Å². The van der Waals surface area contributed by atoms with E-state index < -0.39 is 10.2 Å². The summed E-state index contributed by atoms with van der Waals surface area (Å²) in [7, 11) is -3.83. The van der Waals surface area contributed by atoms with Crippen molar-refractivity contribution in [2.24, 2.45) is 4.40 Å². The normalized spacial score (nSPS) is 16.1. The minimum absolute atomic E-state index is 0.289. The minimum Gasteiger partial charge on any atom is -0.342 e. The van der Waals surface area contributed by atoms with Crippen LogP contribution in [-0.2, 0) is 10.2 Å². The molecule has 8 heteroatoms. The molecule has 0 amide bonds. The van der Waals surface area contributed by atoms with Crippen molar-refractivity contribution in [3.8, 4) is 0 Å². The van der Waals surface area contributed by atoms with E-state index in [-0.39, 0.29) is 5.95 Å². The fourth-order valence-electron chi connectivity index (χ4n) is 2.56. The molecule has 22 heavy (non-hydrogen) atoms. The first-order valence-corrected chi connectivity index (χ1v) is 8.64. The molecule has 0 aliphatic carbocycles. The van der Waals surface area contributed by atoms with Gasteiger partial charge in [-0.3, -0.25) is 5.32 Å². The molecule has 7 nitrogen and oxygen atoms in total. The summed E-state index contributed by atoms with van der Waals surface area (Å²) in [5, 5.41) is 3.03. The average molecular weight is 321 g/mol. The minimum atomic E-state index is -3.83. The molecule has 1 aliphatic rings. The number of benzene rings is 1. The van der Waals surface area contributed by atoms with Gasteiger partial charge in [0.1, 0.15) is 0 Å². The third kappa shape index (κ3) is 2.14. The molecule has 2 heterocycles. The molecular weight excluding hydrogens is 302 g/mol. The van der Waals surface area contributed by atoms with Gasteiger partial charge in [0.15, 0.2) is 0 Å². The van der Waals surface area contributed by atoms with Gasteiger partial charge in [0.05, 0.1) is 11.0 Å². The molecule has 2 aromatic rings. The lowest BCUT2D eigenvalue weighted by atomic mass is 10.1. The van der Waals surface area contributed by atoms with Crippen molar-refractivity contribution in [3.05, 3.63) is 23.3 Å². The van der Waals surface area contributed by atoms with Crippen LogP contribution in [0, 0.1) is 13.8 Å². The maximum Gasteiger partial charge on any atom is 0.354 e. The van der Waals surface area contributed by atoms with Gasteiger partial charge in [-0.25, -0.2) is 4.98 Å². The maximum atomic E-state index is 12.6. The molecule has 0 saturated heterocycles. The third-order valence-electron chi connectivity index (χ3n) is 3.95. The van der Waals surface area contributed by atoms with Gasteiger partial charge >= 0.3 is 10.2 Å². The maximum absolute atomic E-state index is 12.6. The van der Waals surface area contributed by atoms with E-state index >= 15 is 0 Å². The molecule has 0 fully saturated rings. The summed E-state index contributed by atoms with van der Waals surface area (Å²) in [6, 6.07) is 3.72. The highest BCUT2D eigenvalue weighted by Crippen LogP contribution is 2.28. The highest BCUT2D eigenvalue weighted by molar-refractivity contribution is 7.89. The number of aromatic nitrogens is 2. The summed E-state index contributed by atoms with van der Waals surface area (Å²) in [5.41, 5.74) is 3.28. The summed E-state index contributed by atoms with van der Waals surface area (Å²) < 4.78 is 30.2. The molecule has 0 unspecified atom stereocenters. The van der Waals surface area contributed by atoms with Crippen molar-refractivity contribution in [1.29, 1.82) is 0 Å². The van der Waals surface area contributed by atoms with E-state index in [4.69, 9.17) is 0 Å². The van der Waals surface area contributed by atoms with Crippen LogP contribution in [0.2, 0.25) is 0 Å². The van der Waals surface area contributed by atoms with E-state index in [1.54, 1.807) is 0 Å². The highest BCUT2D eigenvalue weighted by atomic mass is 32.2. The topological polar surface area (TPSA) is 79.6 Å². The van der Waals surface area contributed by atoms with Crippen molar-refractivity contribution in [3.63, 3.8) is 0 Å². The van der Waals surface area contributed by atoms with Crippen LogP contribution in [0.3, 0.4) is 0 Å². The predicted octanol–water partition coefficient (Wildman–Crippen LogP) is 1.87. The Balaban J connectivity index is 2.23. The molecule has 1 aliphatic heterocycles. The average Bonchev–Trinajstić information content (AvgIpc) is 2.78. The van der Waals surface area contributed by atoms with Crippen LogP contribution < -0.4 is 5.32 Å². The second-order valence-corrected chi connectivity index (χ2v) is 6.76. The molecule has 0 radical (unpaired) electrons. The molecule has 1 aromatic heterocycles. The Bertz CT molecular complexity index is 878. The van der Waals surface area contributed by atoms with Crippen LogP contribution in [0.4, 0.5) is 5.95 Å². The zero-order valence-electron chi connectivity index (χ0n) is 13.1. The largest absolute Gasteiger partial charge is 0.354 e. The van der Waals surface area contributed by atoms with Crippen LogP contribution in [0.25, 0.3) is 11.0 Å². The van der Waals surface area contributed by atoms with E-state index in [0.29, 0.717) is 30.1 Å². The van der Waals surface area contributed by atoms with E-state index in [1.165, 1.54) is 3.97 Å². The number of fused-ring (bicyclic) bond motifs is 3. The summed E-state index contributed by atoms with van der Waals surface area (Å²) in [4.78, 5) is 6.26. The molecule has 0 spiro atoms. The van der Waals surface area contributed by atoms with Crippen LogP contribution in [0.5, 0.6) is 0 Å². The zero-order valence-corrected chi connectivity index (χ0v) is 13.9. The lowest BCUT2D eigenvalue weighted by Gasteiger charge is -2.25. The smallest absolute Gasteiger partial charge is 0.342 e. The van der Waals surface area contributed by atoms with Crippen LogP contribution in [0.1, 0.15) is 25.0 Å². The SMILES string of the molecule is CCN(CC)C1=NS(=O)(=O)n2c(nc3cc(C)c(C)cc32)N1. The van der Waals surface area contributed by atoms with Crippen molar-refractivity contribution in [2.75, 3.05) is 18.4 Å². The van der Waals surface area contributed by atoms with Crippen LogP contribution in [0.15, 0.2) is 16.5 Å². The van der Waals surface area contributed by atoms with Gasteiger partial charge in [0, 0.05) is 13.1 Å². The first kappa shape index (κ1) is 14.8. The second-order valence-electron chi connectivity index (χ2n) is 5.31. The van der Waals surface area contributed by atoms with Gasteiger partial charge in [-0.15, -0.1) is 4.40 Å². The van der Waals surface area contributed by atoms with E-state index in [0.717, 1.165) is 11.1 Å². The Hall–Kier alpha value is -2.09. The number of anilines is 1. The van der Waals surface area contributed by atoms with Crippen LogP contribution in [-0.4, -0.2) is 41.3 Å². The molecule has 1 aromatic carbocycles. The van der Waals surface area contributed by atoms with Gasteiger partial charge in [-0.2, -0.15) is 12.4 Å². The Kier molecular flexibility index (Phi) is 3.36. The molecule has 1 N–H and O–H groups in total. The number of hydrogen-bond donors (Lipinski definition) is 1. The molecule has 0 bridgehead atoms. The number of nitrogens with zero attached hydrogens (tertiary/aromatic N) is 4. The molecule has 118 valence electrons. The summed E-state index contributed by atoms with van der Waals surface area (Å²) in [6.45, 7) is 9.15. The first-order chi connectivity index (χ1) is 10.4. The molecular formula is C14H19N5O2S. The standard InChI is InChI=1S/C14H19N5O2S/c1-5-18(6-2)14-16-13-15-11-7-9(3)10(4)8-12(11)19(13)22(20,21)17-14/h7-8H,5-6H2,1-4H3,(H,15,16,17). The molecule has 3 rings (SSSR count). The molecule has 0 atom stereocenters. The lowest BCUT2D eigenvalue weighted by Crippen LogP contribution is -2.40. The summed E-state index contributed by atoms with van der Waals surface area (Å²) in [5.74, 6) is 0.609. The zero-order chi connectivity index (χ0) is 16.1. The second kappa shape index (κ2) is 4.98. The van der Waals surface area contributed by atoms with E-state index in [2.05, 4.69) is 14.7 Å². The van der Waals surface area contributed by atoms with Gasteiger partial charge in [0.2, 0.25) is 11.9 Å². The number of aryl methyl sites for hydroxylation is 2. The Morgan fingerprint density at radius 3 is 2.45 bits per heavy atom. The number of hydrogen-bond acceptors (Lipinski definition) is 5. The van der Waals surface area contributed by atoms with Crippen molar-refractivity contribution in [2.45, 2.75) is 27.7 Å². The quantitative estimate of drug-likeness (QED) is 0.913. The predicted molar refractivity (Wildman–Crippen MR) is 87.5 cm³/mol. The monoisotopic (exact) mass is 321 g/mol. The summed E-state index contributed by atoms with van der Waals surface area (Å²) >= 11 is 0. The Morgan fingerprint density at radius 1 is 1.18 bits per heavy atom. The lowest BCUT2D eigenvalue weighted by molar-refractivity contribution is 0.463.